The van der Waals surface area contributed by atoms with Gasteiger partial charge in [-0.25, -0.2) is 0 Å². The van der Waals surface area contributed by atoms with E-state index in [1.54, 1.807) is 25.2 Å². The highest BCUT2D eigenvalue weighted by Gasteiger charge is 2.24. The van der Waals surface area contributed by atoms with Crippen molar-refractivity contribution in [1.82, 2.24) is 5.32 Å². The van der Waals surface area contributed by atoms with Crippen molar-refractivity contribution >= 4 is 12.2 Å². The number of rotatable bonds is 4. The second-order valence-corrected chi connectivity index (χ2v) is 3.77. The Morgan fingerprint density at radius 3 is 2.81 bits per heavy atom. The summed E-state index contributed by atoms with van der Waals surface area (Å²) in [6.07, 6.45) is 3.03. The van der Waals surface area contributed by atoms with Crippen molar-refractivity contribution in [1.29, 1.82) is 0 Å². The monoisotopic (exact) mass is 219 g/mol. The van der Waals surface area contributed by atoms with Gasteiger partial charge in [-0.1, -0.05) is 0 Å². The lowest BCUT2D eigenvalue weighted by atomic mass is 10.1. The summed E-state index contributed by atoms with van der Waals surface area (Å²) in [6, 6.07) is 4.87. The molecule has 1 fully saturated rings. The van der Waals surface area contributed by atoms with Crippen molar-refractivity contribution in [2.75, 3.05) is 7.05 Å². The molecule has 0 saturated heterocycles. The number of carbonyl (C=O) groups is 2. The Kier molecular flexibility index (Phi) is 2.90. The molecular weight excluding hydrogens is 206 g/mol. The molecule has 0 bridgehead atoms. The van der Waals surface area contributed by atoms with Crippen LogP contribution in [-0.4, -0.2) is 25.3 Å². The fraction of sp³-hybridized carbons (Fsp3) is 0.333. The number of nitrogens with one attached hydrogen (secondary N) is 1. The highest BCUT2D eigenvalue weighted by Crippen LogP contribution is 2.29. The second-order valence-electron chi connectivity index (χ2n) is 3.77. The van der Waals surface area contributed by atoms with E-state index in [4.69, 9.17) is 4.74 Å². The van der Waals surface area contributed by atoms with Crippen LogP contribution in [0.5, 0.6) is 5.75 Å². The van der Waals surface area contributed by atoms with Gasteiger partial charge in [0, 0.05) is 12.6 Å². The highest BCUT2D eigenvalue weighted by atomic mass is 16.5. The molecule has 84 valence electrons. The van der Waals surface area contributed by atoms with Gasteiger partial charge in [-0.3, -0.25) is 9.59 Å². The molecule has 0 heterocycles. The standard InChI is InChI=1S/C12H13NO3/c1-13-12(15)8-2-5-11(9(6-8)7-14)16-10-3-4-10/h2,5-7,10H,3-4H2,1H3,(H,13,15). The van der Waals surface area contributed by atoms with Crippen LogP contribution in [0.2, 0.25) is 0 Å². The minimum Gasteiger partial charge on any atom is -0.490 e. The lowest BCUT2D eigenvalue weighted by molar-refractivity contribution is 0.0963. The summed E-state index contributed by atoms with van der Waals surface area (Å²) in [5, 5.41) is 2.51. The number of amides is 1. The van der Waals surface area contributed by atoms with Crippen molar-refractivity contribution in [2.24, 2.45) is 0 Å². The lowest BCUT2D eigenvalue weighted by Crippen LogP contribution is -2.18. The molecule has 16 heavy (non-hydrogen) atoms. The fourth-order valence-electron chi connectivity index (χ4n) is 1.40. The zero-order valence-electron chi connectivity index (χ0n) is 9.03. The van der Waals surface area contributed by atoms with Gasteiger partial charge in [0.1, 0.15) is 5.75 Å². The van der Waals surface area contributed by atoms with Crippen molar-refractivity contribution in [3.63, 3.8) is 0 Å². The minimum absolute atomic E-state index is 0.207. The average Bonchev–Trinajstić information content (AvgIpc) is 3.12. The van der Waals surface area contributed by atoms with Crippen LogP contribution in [0.4, 0.5) is 0 Å². The predicted molar refractivity (Wildman–Crippen MR) is 58.9 cm³/mol. The van der Waals surface area contributed by atoms with Crippen LogP contribution in [0.3, 0.4) is 0 Å². The molecule has 1 saturated carbocycles. The van der Waals surface area contributed by atoms with Crippen LogP contribution < -0.4 is 10.1 Å². The number of carbonyl (C=O) groups excluding carboxylic acids is 2. The minimum atomic E-state index is -0.207. The van der Waals surface area contributed by atoms with Gasteiger partial charge in [0.15, 0.2) is 6.29 Å². The Morgan fingerprint density at radius 2 is 2.25 bits per heavy atom. The molecule has 1 aromatic carbocycles. The van der Waals surface area contributed by atoms with Gasteiger partial charge < -0.3 is 10.1 Å². The summed E-state index contributed by atoms with van der Waals surface area (Å²) in [7, 11) is 1.55. The summed E-state index contributed by atoms with van der Waals surface area (Å²) in [5.41, 5.74) is 0.890. The number of ether oxygens (including phenoxy) is 1. The third-order valence-electron chi connectivity index (χ3n) is 2.44. The fourth-order valence-corrected chi connectivity index (χ4v) is 1.40. The Bertz CT molecular complexity index is 424. The van der Waals surface area contributed by atoms with Crippen LogP contribution >= 0.6 is 0 Å². The Morgan fingerprint density at radius 1 is 1.50 bits per heavy atom. The molecule has 1 aliphatic rings. The molecule has 1 amide bonds. The Hall–Kier alpha value is -1.84. The summed E-state index contributed by atoms with van der Waals surface area (Å²) in [5.74, 6) is 0.353. The number of hydrogen-bond acceptors (Lipinski definition) is 3. The third-order valence-corrected chi connectivity index (χ3v) is 2.44. The van der Waals surface area contributed by atoms with Crippen LogP contribution in [0.25, 0.3) is 0 Å². The molecule has 0 radical (unpaired) electrons. The van der Waals surface area contributed by atoms with Crippen molar-refractivity contribution in [3.8, 4) is 5.75 Å². The SMILES string of the molecule is CNC(=O)c1ccc(OC2CC2)c(C=O)c1. The van der Waals surface area contributed by atoms with Crippen LogP contribution in [0.1, 0.15) is 33.6 Å². The third kappa shape index (κ3) is 2.21. The Balaban J connectivity index is 2.26. The van der Waals surface area contributed by atoms with Gasteiger partial charge in [0.2, 0.25) is 0 Å². The maximum atomic E-state index is 11.4. The molecule has 1 aliphatic carbocycles. The molecule has 0 atom stereocenters. The van der Waals surface area contributed by atoms with Gasteiger partial charge in [-0.2, -0.15) is 0 Å². The molecule has 0 aromatic heterocycles. The average molecular weight is 219 g/mol. The van der Waals surface area contributed by atoms with E-state index >= 15 is 0 Å². The first-order valence-corrected chi connectivity index (χ1v) is 5.22. The van der Waals surface area contributed by atoms with Gasteiger partial charge >= 0.3 is 0 Å². The molecule has 0 aliphatic heterocycles. The molecule has 1 N–H and O–H groups in total. The molecule has 4 nitrogen and oxygen atoms in total. The maximum Gasteiger partial charge on any atom is 0.251 e. The van der Waals surface area contributed by atoms with E-state index in [0.29, 0.717) is 23.2 Å². The molecule has 0 spiro atoms. The van der Waals surface area contributed by atoms with E-state index in [1.165, 1.54) is 0 Å². The van der Waals surface area contributed by atoms with Crippen molar-refractivity contribution < 1.29 is 14.3 Å². The maximum absolute atomic E-state index is 11.4. The largest absolute Gasteiger partial charge is 0.490 e. The quantitative estimate of drug-likeness (QED) is 0.779. The molecule has 4 heteroatoms. The van der Waals surface area contributed by atoms with Gasteiger partial charge in [0.25, 0.3) is 5.91 Å². The summed E-state index contributed by atoms with van der Waals surface area (Å²) < 4.78 is 5.55. The van der Waals surface area contributed by atoms with Gasteiger partial charge in [-0.05, 0) is 31.0 Å². The molecular formula is C12H13NO3. The summed E-state index contributed by atoms with van der Waals surface area (Å²) in [6.45, 7) is 0. The summed E-state index contributed by atoms with van der Waals surface area (Å²) in [4.78, 5) is 22.2. The second kappa shape index (κ2) is 4.35. The first-order chi connectivity index (χ1) is 7.74. The van der Waals surface area contributed by atoms with E-state index in [9.17, 15) is 9.59 Å². The predicted octanol–water partition coefficient (Wildman–Crippen LogP) is 1.40. The van der Waals surface area contributed by atoms with Gasteiger partial charge in [0.05, 0.1) is 11.7 Å². The van der Waals surface area contributed by atoms with Crippen molar-refractivity contribution in [2.45, 2.75) is 18.9 Å². The lowest BCUT2D eigenvalue weighted by Gasteiger charge is -2.08. The van der Waals surface area contributed by atoms with Crippen molar-refractivity contribution in [3.05, 3.63) is 29.3 Å². The highest BCUT2D eigenvalue weighted by molar-refractivity contribution is 5.96. The summed E-state index contributed by atoms with van der Waals surface area (Å²) >= 11 is 0. The number of hydrogen-bond donors (Lipinski definition) is 1. The zero-order valence-corrected chi connectivity index (χ0v) is 9.03. The number of aldehydes is 1. The first-order valence-electron chi connectivity index (χ1n) is 5.22. The molecule has 2 rings (SSSR count). The van der Waals surface area contributed by atoms with E-state index in [2.05, 4.69) is 5.32 Å². The molecule has 0 unspecified atom stereocenters. The normalized spacial score (nSPS) is 14.3. The van der Waals surface area contributed by atoms with E-state index in [0.717, 1.165) is 12.8 Å². The van der Waals surface area contributed by atoms with Crippen LogP contribution in [-0.2, 0) is 0 Å². The van der Waals surface area contributed by atoms with E-state index < -0.39 is 0 Å². The topological polar surface area (TPSA) is 55.4 Å². The van der Waals surface area contributed by atoms with E-state index in [1.807, 2.05) is 0 Å². The first kappa shape index (κ1) is 10.7. The van der Waals surface area contributed by atoms with Gasteiger partial charge in [-0.15, -0.1) is 0 Å². The van der Waals surface area contributed by atoms with Crippen LogP contribution in [0, 0.1) is 0 Å². The van der Waals surface area contributed by atoms with Crippen LogP contribution in [0.15, 0.2) is 18.2 Å². The zero-order chi connectivity index (χ0) is 11.5. The smallest absolute Gasteiger partial charge is 0.251 e. The van der Waals surface area contributed by atoms with E-state index in [-0.39, 0.29) is 12.0 Å². The Labute approximate surface area is 93.6 Å². The number of benzene rings is 1. The molecule has 1 aromatic rings.